The van der Waals surface area contributed by atoms with Gasteiger partial charge in [-0.15, -0.1) is 0 Å². The van der Waals surface area contributed by atoms with Gasteiger partial charge < -0.3 is 10.6 Å². The van der Waals surface area contributed by atoms with Crippen LogP contribution in [-0.2, 0) is 0 Å². The molecule has 4 nitrogen and oxygen atoms in total. The highest BCUT2D eigenvalue weighted by Crippen LogP contribution is 2.28. The second-order valence-corrected chi connectivity index (χ2v) is 4.49. The van der Waals surface area contributed by atoms with Crippen LogP contribution >= 0.6 is 0 Å². The molecule has 0 aliphatic carbocycles. The Morgan fingerprint density at radius 3 is 2.73 bits per heavy atom. The number of anilines is 1. The molecule has 1 saturated heterocycles. The Labute approximate surface area is 90.5 Å². The lowest BCUT2D eigenvalue weighted by atomic mass is 9.88. The van der Waals surface area contributed by atoms with Crippen LogP contribution in [0.25, 0.3) is 0 Å². The predicted molar refractivity (Wildman–Crippen MR) is 60.9 cm³/mol. The van der Waals surface area contributed by atoms with Gasteiger partial charge in [0.1, 0.15) is 5.82 Å². The molecule has 1 fully saturated rings. The second-order valence-electron chi connectivity index (χ2n) is 4.49. The first-order chi connectivity index (χ1) is 7.04. The summed E-state index contributed by atoms with van der Waals surface area (Å²) in [5.74, 6) is 0.990. The maximum atomic E-state index is 6.13. The number of rotatable bonds is 2. The molecule has 0 unspecified atom stereocenters. The Morgan fingerprint density at radius 2 is 2.13 bits per heavy atom. The van der Waals surface area contributed by atoms with Gasteiger partial charge in [0.2, 0.25) is 0 Å². The average Bonchev–Trinajstić information content (AvgIpc) is 2.17. The van der Waals surface area contributed by atoms with E-state index in [1.807, 2.05) is 13.8 Å². The van der Waals surface area contributed by atoms with Gasteiger partial charge in [0.15, 0.2) is 0 Å². The van der Waals surface area contributed by atoms with Crippen LogP contribution in [0.3, 0.4) is 0 Å². The largest absolute Gasteiger partial charge is 0.351 e. The van der Waals surface area contributed by atoms with Gasteiger partial charge in [-0.05, 0) is 20.3 Å². The van der Waals surface area contributed by atoms with E-state index >= 15 is 0 Å². The van der Waals surface area contributed by atoms with Crippen molar-refractivity contribution in [3.05, 3.63) is 17.6 Å². The molecule has 82 valence electrons. The van der Waals surface area contributed by atoms with Crippen LogP contribution in [0.4, 0.5) is 5.82 Å². The number of hydrogen-bond acceptors (Lipinski definition) is 4. The van der Waals surface area contributed by atoms with E-state index in [2.05, 4.69) is 21.8 Å². The Bertz CT molecular complexity index is 369. The van der Waals surface area contributed by atoms with Crippen molar-refractivity contribution in [3.8, 4) is 0 Å². The lowest BCUT2D eigenvalue weighted by molar-refractivity contribution is 0.319. The van der Waals surface area contributed by atoms with Crippen molar-refractivity contribution in [1.82, 2.24) is 9.97 Å². The van der Waals surface area contributed by atoms with E-state index in [1.165, 1.54) is 0 Å². The van der Waals surface area contributed by atoms with Crippen LogP contribution in [0.5, 0.6) is 0 Å². The monoisotopic (exact) mass is 206 g/mol. The molecule has 0 bridgehead atoms. The summed E-state index contributed by atoms with van der Waals surface area (Å²) in [7, 11) is 0. The molecule has 0 saturated carbocycles. The van der Waals surface area contributed by atoms with E-state index in [-0.39, 0.29) is 5.54 Å². The van der Waals surface area contributed by atoms with Gasteiger partial charge in [-0.2, -0.15) is 0 Å². The molecule has 1 aromatic rings. The lowest BCUT2D eigenvalue weighted by Crippen LogP contribution is -2.67. The maximum Gasteiger partial charge on any atom is 0.150 e. The van der Waals surface area contributed by atoms with Gasteiger partial charge in [-0.1, -0.05) is 6.92 Å². The SMILES string of the molecule is CCC1(N)CN(c2nc(C)cnc2C)C1. The van der Waals surface area contributed by atoms with Gasteiger partial charge in [0.05, 0.1) is 16.9 Å². The van der Waals surface area contributed by atoms with Gasteiger partial charge in [0, 0.05) is 19.3 Å². The van der Waals surface area contributed by atoms with Crippen LogP contribution in [0.1, 0.15) is 24.7 Å². The summed E-state index contributed by atoms with van der Waals surface area (Å²) < 4.78 is 0. The van der Waals surface area contributed by atoms with E-state index in [1.54, 1.807) is 6.20 Å². The van der Waals surface area contributed by atoms with E-state index in [9.17, 15) is 0 Å². The fraction of sp³-hybridized carbons (Fsp3) is 0.636. The van der Waals surface area contributed by atoms with Gasteiger partial charge in [0.25, 0.3) is 0 Å². The zero-order valence-corrected chi connectivity index (χ0v) is 9.62. The molecule has 1 aliphatic heterocycles. The highest BCUT2D eigenvalue weighted by molar-refractivity contribution is 5.48. The fourth-order valence-electron chi connectivity index (χ4n) is 1.91. The number of aromatic nitrogens is 2. The Morgan fingerprint density at radius 1 is 1.47 bits per heavy atom. The topological polar surface area (TPSA) is 55.0 Å². The van der Waals surface area contributed by atoms with Crippen LogP contribution < -0.4 is 10.6 Å². The first-order valence-corrected chi connectivity index (χ1v) is 5.38. The third-order valence-electron chi connectivity index (χ3n) is 3.07. The molecule has 0 atom stereocenters. The Hall–Kier alpha value is -1.16. The lowest BCUT2D eigenvalue weighted by Gasteiger charge is -2.48. The zero-order valence-electron chi connectivity index (χ0n) is 9.62. The molecule has 1 aliphatic rings. The summed E-state index contributed by atoms with van der Waals surface area (Å²) in [5.41, 5.74) is 8.06. The second kappa shape index (κ2) is 3.45. The van der Waals surface area contributed by atoms with Crippen LogP contribution in [0, 0.1) is 13.8 Å². The third-order valence-corrected chi connectivity index (χ3v) is 3.07. The number of nitrogens with two attached hydrogens (primary N) is 1. The van der Waals surface area contributed by atoms with Crippen molar-refractivity contribution in [2.75, 3.05) is 18.0 Å². The fourth-order valence-corrected chi connectivity index (χ4v) is 1.91. The maximum absolute atomic E-state index is 6.13. The molecule has 2 rings (SSSR count). The highest BCUT2D eigenvalue weighted by atomic mass is 15.3. The molecule has 0 amide bonds. The van der Waals surface area contributed by atoms with E-state index in [0.717, 1.165) is 36.7 Å². The normalized spacial score (nSPS) is 18.8. The van der Waals surface area contributed by atoms with Crippen LogP contribution in [0.2, 0.25) is 0 Å². The highest BCUT2D eigenvalue weighted by Gasteiger charge is 2.39. The zero-order chi connectivity index (χ0) is 11.1. The van der Waals surface area contributed by atoms with E-state index in [0.29, 0.717) is 0 Å². The molecule has 0 radical (unpaired) electrons. The van der Waals surface area contributed by atoms with E-state index < -0.39 is 0 Å². The quantitative estimate of drug-likeness (QED) is 0.785. The molecule has 0 spiro atoms. The smallest absolute Gasteiger partial charge is 0.150 e. The first-order valence-electron chi connectivity index (χ1n) is 5.38. The molecule has 0 aromatic carbocycles. The van der Waals surface area contributed by atoms with Crippen molar-refractivity contribution in [2.45, 2.75) is 32.7 Å². The van der Waals surface area contributed by atoms with E-state index in [4.69, 9.17) is 5.73 Å². The minimum Gasteiger partial charge on any atom is -0.351 e. The molecule has 1 aromatic heterocycles. The van der Waals surface area contributed by atoms with Crippen LogP contribution in [0.15, 0.2) is 6.20 Å². The molecular weight excluding hydrogens is 188 g/mol. The van der Waals surface area contributed by atoms with Crippen molar-refractivity contribution < 1.29 is 0 Å². The number of aryl methyl sites for hydroxylation is 2. The Kier molecular flexibility index (Phi) is 2.38. The summed E-state index contributed by atoms with van der Waals surface area (Å²) in [6.07, 6.45) is 2.82. The third kappa shape index (κ3) is 1.81. The minimum absolute atomic E-state index is 0.0160. The Balaban J connectivity index is 2.16. The number of hydrogen-bond donors (Lipinski definition) is 1. The molecule has 2 heterocycles. The van der Waals surface area contributed by atoms with Crippen LogP contribution in [-0.4, -0.2) is 28.6 Å². The summed E-state index contributed by atoms with van der Waals surface area (Å²) in [4.78, 5) is 11.0. The first kappa shape index (κ1) is 10.4. The van der Waals surface area contributed by atoms with Crippen molar-refractivity contribution in [3.63, 3.8) is 0 Å². The van der Waals surface area contributed by atoms with Crippen molar-refractivity contribution >= 4 is 5.82 Å². The van der Waals surface area contributed by atoms with Crippen molar-refractivity contribution in [1.29, 1.82) is 0 Å². The van der Waals surface area contributed by atoms with Gasteiger partial charge in [-0.3, -0.25) is 4.98 Å². The minimum atomic E-state index is -0.0160. The molecule has 15 heavy (non-hydrogen) atoms. The standard InChI is InChI=1S/C11H18N4/c1-4-11(12)6-15(7-11)10-9(3)13-5-8(2)14-10/h5H,4,6-7,12H2,1-3H3. The molecular formula is C11H18N4. The van der Waals surface area contributed by atoms with Gasteiger partial charge >= 0.3 is 0 Å². The average molecular weight is 206 g/mol. The molecule has 2 N–H and O–H groups in total. The van der Waals surface area contributed by atoms with Gasteiger partial charge in [-0.25, -0.2) is 4.98 Å². The molecule has 4 heteroatoms. The summed E-state index contributed by atoms with van der Waals surface area (Å²) >= 11 is 0. The van der Waals surface area contributed by atoms with Crippen molar-refractivity contribution in [2.24, 2.45) is 5.73 Å². The summed E-state index contributed by atoms with van der Waals surface area (Å²) in [6, 6.07) is 0. The predicted octanol–water partition coefficient (Wildman–Crippen LogP) is 1.02. The summed E-state index contributed by atoms with van der Waals surface area (Å²) in [6.45, 7) is 7.87. The number of nitrogens with zero attached hydrogens (tertiary/aromatic N) is 3. The summed E-state index contributed by atoms with van der Waals surface area (Å²) in [5, 5.41) is 0.